The van der Waals surface area contributed by atoms with Crippen molar-refractivity contribution in [1.82, 2.24) is 5.32 Å². The summed E-state index contributed by atoms with van der Waals surface area (Å²) < 4.78 is 10.7. The van der Waals surface area contributed by atoms with E-state index >= 15 is 0 Å². The lowest BCUT2D eigenvalue weighted by atomic mass is 9.73. The predicted molar refractivity (Wildman–Crippen MR) is 160 cm³/mol. The molecule has 0 spiro atoms. The summed E-state index contributed by atoms with van der Waals surface area (Å²) >= 11 is 0. The molecule has 0 aliphatic rings. The largest absolute Gasteiger partial charge is 0.466 e. The Morgan fingerprint density at radius 2 is 1.44 bits per heavy atom. The van der Waals surface area contributed by atoms with Crippen molar-refractivity contribution >= 4 is 12.3 Å². The van der Waals surface area contributed by atoms with Gasteiger partial charge in [0.15, 0.2) is 0 Å². The molecule has 0 amide bonds. The number of nitrogens with one attached hydrogen (secondary N) is 1. The van der Waals surface area contributed by atoms with Gasteiger partial charge in [0.25, 0.3) is 0 Å². The second-order valence-electron chi connectivity index (χ2n) is 10.9. The number of rotatable bonds is 14. The highest BCUT2D eigenvalue weighted by atomic mass is 16.5. The van der Waals surface area contributed by atoms with Crippen LogP contribution in [0.5, 0.6) is 0 Å². The summed E-state index contributed by atoms with van der Waals surface area (Å²) in [6.07, 6.45) is 4.94. The molecule has 36 heavy (non-hydrogen) atoms. The lowest BCUT2D eigenvalue weighted by Gasteiger charge is -2.34. The van der Waals surface area contributed by atoms with Crippen molar-refractivity contribution in [2.45, 2.75) is 135 Å². The van der Waals surface area contributed by atoms with Gasteiger partial charge in [0.05, 0.1) is 18.6 Å². The van der Waals surface area contributed by atoms with E-state index in [1.165, 1.54) is 0 Å². The van der Waals surface area contributed by atoms with Crippen molar-refractivity contribution in [3.63, 3.8) is 0 Å². The van der Waals surface area contributed by atoms with Crippen LogP contribution in [0, 0.1) is 16.7 Å². The lowest BCUT2D eigenvalue weighted by Crippen LogP contribution is -2.33. The first-order chi connectivity index (χ1) is 16.6. The highest BCUT2D eigenvalue weighted by Gasteiger charge is 2.30. The van der Waals surface area contributed by atoms with Crippen molar-refractivity contribution < 1.29 is 19.1 Å². The number of ether oxygens (including phenoxy) is 2. The Morgan fingerprint density at radius 1 is 0.972 bits per heavy atom. The summed E-state index contributed by atoms with van der Waals surface area (Å²) in [5.74, 6) is 0.592. The molecule has 0 saturated heterocycles. The molecule has 0 rings (SSSR count). The summed E-state index contributed by atoms with van der Waals surface area (Å²) in [6, 6.07) is 0. The van der Waals surface area contributed by atoms with Crippen LogP contribution in [0.25, 0.3) is 0 Å². The Hall–Kier alpha value is -0.980. The van der Waals surface area contributed by atoms with Gasteiger partial charge < -0.3 is 25.3 Å². The van der Waals surface area contributed by atoms with Gasteiger partial charge in [-0.25, -0.2) is 0 Å². The molecule has 0 heterocycles. The molecule has 0 bridgehead atoms. The quantitative estimate of drug-likeness (QED) is 0.183. The fraction of sp³-hybridized carbons (Fsp3) is 0.933. The maximum atomic E-state index is 11.5. The van der Waals surface area contributed by atoms with Crippen molar-refractivity contribution in [2.75, 3.05) is 33.4 Å². The molecule has 0 radical (unpaired) electrons. The maximum Gasteiger partial charge on any atom is 0.306 e. The zero-order chi connectivity index (χ0) is 29.8. The highest BCUT2D eigenvalue weighted by Crippen LogP contribution is 2.36. The first-order valence-corrected chi connectivity index (χ1v) is 14.2. The molecule has 6 nitrogen and oxygen atoms in total. The Kier molecular flexibility index (Phi) is 35.7. The second-order valence-corrected chi connectivity index (χ2v) is 10.9. The number of carbonyl (C=O) groups is 2. The smallest absolute Gasteiger partial charge is 0.306 e. The Bertz CT molecular complexity index is 462. The third-order valence-corrected chi connectivity index (χ3v) is 4.59. The first kappa shape index (κ1) is 45.0. The van der Waals surface area contributed by atoms with E-state index in [-0.39, 0.29) is 22.4 Å². The highest BCUT2D eigenvalue weighted by molar-refractivity contribution is 5.70. The normalized spacial score (nSPS) is 10.8. The Labute approximate surface area is 227 Å². The van der Waals surface area contributed by atoms with Crippen molar-refractivity contribution in [3.8, 4) is 0 Å². The van der Waals surface area contributed by atoms with Crippen LogP contribution in [0.3, 0.4) is 0 Å². The topological polar surface area (TPSA) is 90.7 Å². The van der Waals surface area contributed by atoms with Crippen LogP contribution >= 0.6 is 0 Å². The average molecular weight is 521 g/mol. The molecule has 0 aromatic heterocycles. The van der Waals surface area contributed by atoms with E-state index in [1.807, 2.05) is 62.4 Å². The van der Waals surface area contributed by atoms with Gasteiger partial charge in [0.2, 0.25) is 0 Å². The van der Waals surface area contributed by atoms with Crippen LogP contribution in [0.1, 0.15) is 129 Å². The number of carbonyl (C=O) groups excluding carboxylic acids is 2. The molecule has 222 valence electrons. The predicted octanol–water partition coefficient (Wildman–Crippen LogP) is 7.43. The molecule has 6 heteroatoms. The van der Waals surface area contributed by atoms with E-state index in [1.54, 1.807) is 0 Å². The van der Waals surface area contributed by atoms with Crippen molar-refractivity contribution in [1.29, 1.82) is 0 Å². The van der Waals surface area contributed by atoms with Crippen molar-refractivity contribution in [2.24, 2.45) is 22.5 Å². The summed E-state index contributed by atoms with van der Waals surface area (Å²) in [6.45, 7) is 31.8. The Balaban J connectivity index is -0.000000144. The molecule has 0 aliphatic carbocycles. The second kappa shape index (κ2) is 28.6. The van der Waals surface area contributed by atoms with Crippen LogP contribution < -0.4 is 11.1 Å². The van der Waals surface area contributed by atoms with Crippen LogP contribution in [-0.2, 0) is 19.1 Å². The summed E-state index contributed by atoms with van der Waals surface area (Å²) in [5.41, 5.74) is 4.90. The summed E-state index contributed by atoms with van der Waals surface area (Å²) in [5, 5.41) is 3.19. The molecule has 3 N–H and O–H groups in total. The minimum atomic E-state index is -0.143. The number of nitrogens with two attached hydrogens (primary N) is 1. The van der Waals surface area contributed by atoms with Gasteiger partial charge in [0.1, 0.15) is 6.29 Å². The monoisotopic (exact) mass is 521 g/mol. The van der Waals surface area contributed by atoms with E-state index in [2.05, 4.69) is 46.9 Å². The van der Waals surface area contributed by atoms with E-state index in [9.17, 15) is 9.59 Å². The van der Waals surface area contributed by atoms with E-state index in [0.29, 0.717) is 25.4 Å². The minimum Gasteiger partial charge on any atom is -0.466 e. The standard InChI is InChI=1S/C13H27NO2.C11H22O2.C2H7N.2C2H6/c1-7-16-11(15)8-12(2,3)9-13(4,5)10-14-6;1-10(2)6-9-13-11(3,4)7-5-8-12;1-2-3;2*1-2/h14H,7-10H2,1-6H3;8,10H,5-7,9H2,1-4H3;2-3H2,1H3;2*1-2H3. The number of esters is 1. The fourth-order valence-corrected chi connectivity index (χ4v) is 3.55. The zero-order valence-electron chi connectivity index (χ0n) is 27.2. The van der Waals surface area contributed by atoms with Crippen LogP contribution in [0.2, 0.25) is 0 Å². The van der Waals surface area contributed by atoms with Crippen LogP contribution in [-0.4, -0.2) is 51.2 Å². The van der Waals surface area contributed by atoms with Crippen LogP contribution in [0.15, 0.2) is 0 Å². The SMILES string of the molecule is CC.CC.CC(C)CCOC(C)(C)CCC=O.CCN.CCOC(=O)CC(C)(C)CC(C)(C)CNC. The number of aldehydes is 1. The molecule has 0 aromatic rings. The van der Waals surface area contributed by atoms with E-state index in [0.717, 1.165) is 45.2 Å². The summed E-state index contributed by atoms with van der Waals surface area (Å²) in [4.78, 5) is 21.6. The van der Waals surface area contributed by atoms with Gasteiger partial charge in [-0.1, -0.05) is 76.2 Å². The zero-order valence-corrected chi connectivity index (χ0v) is 27.2. The molecular formula is C30H68N2O4. The third kappa shape index (κ3) is 40.2. The summed E-state index contributed by atoms with van der Waals surface area (Å²) in [7, 11) is 1.96. The number of hydrogen-bond acceptors (Lipinski definition) is 6. The van der Waals surface area contributed by atoms with Gasteiger partial charge in [0, 0.05) is 13.0 Å². The molecule has 0 aromatic carbocycles. The molecule has 0 aliphatic heterocycles. The third-order valence-electron chi connectivity index (χ3n) is 4.59. The van der Waals surface area contributed by atoms with Crippen molar-refractivity contribution in [3.05, 3.63) is 0 Å². The maximum absolute atomic E-state index is 11.5. The van der Waals surface area contributed by atoms with Gasteiger partial charge in [-0.05, 0) is 76.9 Å². The number of hydrogen-bond donors (Lipinski definition) is 2. The molecule has 0 saturated carbocycles. The van der Waals surface area contributed by atoms with E-state index < -0.39 is 0 Å². The molecule has 0 fully saturated rings. The Morgan fingerprint density at radius 3 is 1.81 bits per heavy atom. The first-order valence-electron chi connectivity index (χ1n) is 14.2. The van der Waals surface area contributed by atoms with Crippen LogP contribution in [0.4, 0.5) is 0 Å². The van der Waals surface area contributed by atoms with Gasteiger partial charge in [-0.2, -0.15) is 0 Å². The average Bonchev–Trinajstić information content (AvgIpc) is 2.74. The molecular weight excluding hydrogens is 452 g/mol. The lowest BCUT2D eigenvalue weighted by molar-refractivity contribution is -0.145. The van der Waals surface area contributed by atoms with Gasteiger partial charge in [-0.15, -0.1) is 0 Å². The van der Waals surface area contributed by atoms with E-state index in [4.69, 9.17) is 15.2 Å². The fourth-order valence-electron chi connectivity index (χ4n) is 3.55. The van der Waals surface area contributed by atoms with Gasteiger partial charge in [-0.3, -0.25) is 4.79 Å². The molecule has 0 unspecified atom stereocenters. The minimum absolute atomic E-state index is 0.00734. The molecule has 0 atom stereocenters. The van der Waals surface area contributed by atoms with Gasteiger partial charge >= 0.3 is 5.97 Å².